The smallest absolute Gasteiger partial charge is 0.244 e. The Morgan fingerprint density at radius 1 is 0.727 bits per heavy atom. The number of benzene rings is 3. The van der Waals surface area contributed by atoms with Crippen LogP contribution < -0.4 is 4.90 Å². The van der Waals surface area contributed by atoms with Crippen LogP contribution in [-0.2, 0) is 27.8 Å². The average Bonchev–Trinajstić information content (AvgIpc) is 2.88. The molecule has 3 aromatic carbocycles. The molecule has 33 heavy (non-hydrogen) atoms. The number of sulfonamides is 1. The Morgan fingerprint density at radius 2 is 1.30 bits per heavy atom. The van der Waals surface area contributed by atoms with Crippen molar-refractivity contribution in [3.05, 3.63) is 96.1 Å². The van der Waals surface area contributed by atoms with Crippen LogP contribution in [0.1, 0.15) is 11.1 Å². The summed E-state index contributed by atoms with van der Waals surface area (Å²) in [6.07, 6.45) is 0.389. The third-order valence-corrected chi connectivity index (χ3v) is 8.42. The number of para-hydroxylation sites is 1. The van der Waals surface area contributed by atoms with Gasteiger partial charge in [0, 0.05) is 38.4 Å². The van der Waals surface area contributed by atoms with E-state index in [0.717, 1.165) is 29.9 Å². The molecule has 1 fully saturated rings. The quantitative estimate of drug-likeness (QED) is 0.599. The van der Waals surface area contributed by atoms with Crippen LogP contribution in [0.2, 0.25) is 0 Å². The van der Waals surface area contributed by atoms with Crippen molar-refractivity contribution in [2.45, 2.75) is 23.9 Å². The lowest BCUT2D eigenvalue weighted by molar-refractivity contribution is -0.136. The van der Waals surface area contributed by atoms with E-state index >= 15 is 0 Å². The molecule has 0 saturated carbocycles. The molecule has 6 nitrogen and oxygen atoms in total. The molecule has 0 radical (unpaired) electrons. The van der Waals surface area contributed by atoms with Crippen LogP contribution in [0.4, 0.5) is 5.69 Å². The lowest BCUT2D eigenvalue weighted by Gasteiger charge is -2.41. The van der Waals surface area contributed by atoms with Crippen molar-refractivity contribution in [1.82, 2.24) is 9.21 Å². The van der Waals surface area contributed by atoms with E-state index in [1.165, 1.54) is 4.31 Å². The first-order valence-corrected chi connectivity index (χ1v) is 12.7. The lowest BCUT2D eigenvalue weighted by Crippen LogP contribution is -2.57. The number of hydrogen-bond acceptors (Lipinski definition) is 4. The van der Waals surface area contributed by atoms with Gasteiger partial charge in [0.1, 0.15) is 6.04 Å². The molecule has 3 aromatic rings. The van der Waals surface area contributed by atoms with Crippen LogP contribution in [0.15, 0.2) is 89.8 Å². The Labute approximate surface area is 195 Å². The monoisotopic (exact) mass is 461 g/mol. The summed E-state index contributed by atoms with van der Waals surface area (Å²) in [4.78, 5) is 18.0. The molecule has 0 bridgehead atoms. The molecular formula is C26H27N3O3S. The molecule has 2 aliphatic heterocycles. The molecule has 0 spiro atoms. The fourth-order valence-electron chi connectivity index (χ4n) is 4.72. The molecule has 0 aromatic heterocycles. The van der Waals surface area contributed by atoms with Crippen LogP contribution in [0.3, 0.4) is 0 Å². The average molecular weight is 462 g/mol. The molecule has 1 saturated heterocycles. The Kier molecular flexibility index (Phi) is 5.91. The first kappa shape index (κ1) is 21.7. The molecule has 5 rings (SSSR count). The van der Waals surface area contributed by atoms with Gasteiger partial charge >= 0.3 is 0 Å². The standard InChI is InChI=1S/C26H27N3O3S/c30-26(28-17-15-27(16-18-28)23-11-3-1-4-12-23)25-19-21-9-7-8-10-22(21)20-29(25)33(31,32)24-13-5-2-6-14-24/h1-14,25H,15-20H2/t25-/m1/s1. The molecule has 1 amide bonds. The molecular weight excluding hydrogens is 434 g/mol. The zero-order valence-electron chi connectivity index (χ0n) is 18.4. The van der Waals surface area contributed by atoms with Crippen molar-refractivity contribution < 1.29 is 13.2 Å². The second-order valence-corrected chi connectivity index (χ2v) is 10.4. The fraction of sp³-hybridized carbons (Fsp3) is 0.269. The van der Waals surface area contributed by atoms with Crippen molar-refractivity contribution in [2.75, 3.05) is 31.1 Å². The topological polar surface area (TPSA) is 60.9 Å². The number of rotatable bonds is 4. The van der Waals surface area contributed by atoms with Gasteiger partial charge < -0.3 is 9.80 Å². The molecule has 0 unspecified atom stereocenters. The van der Waals surface area contributed by atoms with Gasteiger partial charge in [-0.1, -0.05) is 60.7 Å². The van der Waals surface area contributed by atoms with Crippen LogP contribution in [0, 0.1) is 0 Å². The van der Waals surface area contributed by atoms with E-state index in [4.69, 9.17) is 0 Å². The maximum Gasteiger partial charge on any atom is 0.244 e. The van der Waals surface area contributed by atoms with Crippen molar-refractivity contribution in [1.29, 1.82) is 0 Å². The Balaban J connectivity index is 1.40. The van der Waals surface area contributed by atoms with Gasteiger partial charge in [-0.2, -0.15) is 4.31 Å². The molecule has 0 aliphatic carbocycles. The van der Waals surface area contributed by atoms with Gasteiger partial charge in [-0.15, -0.1) is 0 Å². The van der Waals surface area contributed by atoms with Crippen LogP contribution in [0.25, 0.3) is 0 Å². The van der Waals surface area contributed by atoms with Crippen molar-refractivity contribution in [2.24, 2.45) is 0 Å². The molecule has 170 valence electrons. The Morgan fingerprint density at radius 3 is 1.97 bits per heavy atom. The number of piperazine rings is 1. The molecule has 0 N–H and O–H groups in total. The van der Waals surface area contributed by atoms with Gasteiger partial charge in [0.25, 0.3) is 0 Å². The van der Waals surface area contributed by atoms with E-state index in [1.54, 1.807) is 30.3 Å². The third-order valence-electron chi connectivity index (χ3n) is 6.55. The second-order valence-electron chi connectivity index (χ2n) is 8.50. The molecule has 2 aliphatic rings. The van der Waals surface area contributed by atoms with Crippen LogP contribution >= 0.6 is 0 Å². The van der Waals surface area contributed by atoms with E-state index in [1.807, 2.05) is 47.4 Å². The van der Waals surface area contributed by atoms with Crippen LogP contribution in [0.5, 0.6) is 0 Å². The first-order chi connectivity index (χ1) is 16.0. The minimum Gasteiger partial charge on any atom is -0.368 e. The van der Waals surface area contributed by atoms with Crippen LogP contribution in [-0.4, -0.2) is 55.8 Å². The zero-order valence-corrected chi connectivity index (χ0v) is 19.2. The summed E-state index contributed by atoms with van der Waals surface area (Å²) in [6.45, 7) is 2.80. The zero-order chi connectivity index (χ0) is 22.8. The summed E-state index contributed by atoms with van der Waals surface area (Å²) >= 11 is 0. The van der Waals surface area contributed by atoms with E-state index in [2.05, 4.69) is 17.0 Å². The number of carbonyl (C=O) groups is 1. The lowest BCUT2D eigenvalue weighted by atomic mass is 9.95. The van der Waals surface area contributed by atoms with Gasteiger partial charge in [0.15, 0.2) is 0 Å². The maximum atomic E-state index is 13.7. The largest absolute Gasteiger partial charge is 0.368 e. The highest BCUT2D eigenvalue weighted by Gasteiger charge is 2.41. The number of carbonyl (C=O) groups excluding carboxylic acids is 1. The number of amides is 1. The van der Waals surface area contributed by atoms with E-state index < -0.39 is 16.1 Å². The predicted molar refractivity (Wildman–Crippen MR) is 128 cm³/mol. The fourth-order valence-corrected chi connectivity index (χ4v) is 6.31. The normalized spacial score (nSPS) is 19.2. The van der Waals surface area contributed by atoms with E-state index in [9.17, 15) is 13.2 Å². The summed E-state index contributed by atoms with van der Waals surface area (Å²) in [5.74, 6) is -0.114. The van der Waals surface area contributed by atoms with Gasteiger partial charge in [0.05, 0.1) is 4.90 Å². The van der Waals surface area contributed by atoms with Gasteiger partial charge in [-0.25, -0.2) is 8.42 Å². The minimum atomic E-state index is -3.82. The molecule has 7 heteroatoms. The van der Waals surface area contributed by atoms with Crippen molar-refractivity contribution in [3.63, 3.8) is 0 Å². The predicted octanol–water partition coefficient (Wildman–Crippen LogP) is 3.15. The van der Waals surface area contributed by atoms with E-state index in [0.29, 0.717) is 19.5 Å². The number of hydrogen-bond donors (Lipinski definition) is 0. The number of nitrogens with zero attached hydrogens (tertiary/aromatic N) is 3. The highest BCUT2D eigenvalue weighted by atomic mass is 32.2. The van der Waals surface area contributed by atoms with Crippen molar-refractivity contribution in [3.8, 4) is 0 Å². The number of fused-ring (bicyclic) bond motifs is 1. The summed E-state index contributed by atoms with van der Waals surface area (Å²) in [6, 6.07) is 25.6. The maximum absolute atomic E-state index is 13.7. The second kappa shape index (κ2) is 9.00. The highest BCUT2D eigenvalue weighted by Crippen LogP contribution is 2.30. The summed E-state index contributed by atoms with van der Waals surface area (Å²) in [5, 5.41) is 0. The third kappa shape index (κ3) is 4.26. The molecule has 1 atom stereocenters. The Bertz CT molecular complexity index is 1220. The van der Waals surface area contributed by atoms with E-state index in [-0.39, 0.29) is 17.3 Å². The first-order valence-electron chi connectivity index (χ1n) is 11.3. The minimum absolute atomic E-state index is 0.114. The van der Waals surface area contributed by atoms with Gasteiger partial charge in [-0.05, 0) is 41.8 Å². The summed E-state index contributed by atoms with van der Waals surface area (Å²) < 4.78 is 28.6. The highest BCUT2D eigenvalue weighted by molar-refractivity contribution is 7.89. The SMILES string of the molecule is O=C([C@H]1Cc2ccccc2CN1S(=O)(=O)c1ccccc1)N1CCN(c2ccccc2)CC1. The van der Waals surface area contributed by atoms with Gasteiger partial charge in [0.2, 0.25) is 15.9 Å². The summed E-state index contributed by atoms with van der Waals surface area (Å²) in [7, 11) is -3.82. The summed E-state index contributed by atoms with van der Waals surface area (Å²) in [5.41, 5.74) is 3.14. The molecule has 2 heterocycles. The van der Waals surface area contributed by atoms with Crippen molar-refractivity contribution >= 4 is 21.6 Å². The number of anilines is 1. The Hall–Kier alpha value is -3.16. The van der Waals surface area contributed by atoms with Gasteiger partial charge in [-0.3, -0.25) is 4.79 Å².